The van der Waals surface area contributed by atoms with Crippen molar-refractivity contribution in [2.45, 2.75) is 26.7 Å². The first-order valence-corrected chi connectivity index (χ1v) is 7.96. The molecule has 3 nitrogen and oxygen atoms in total. The smallest absolute Gasteiger partial charge is 0.266 e. The number of halogens is 1. The number of carbonyl (C=O) groups is 1. The maximum atomic E-state index is 13.3. The molecule has 1 saturated heterocycles. The van der Waals surface area contributed by atoms with Gasteiger partial charge in [0.2, 0.25) is 0 Å². The largest absolute Gasteiger partial charge is 0.397 e. The van der Waals surface area contributed by atoms with Crippen LogP contribution in [0.5, 0.6) is 0 Å². The summed E-state index contributed by atoms with van der Waals surface area (Å²) in [5.74, 6) is -0.352. The van der Waals surface area contributed by atoms with E-state index >= 15 is 0 Å². The molecule has 0 spiro atoms. The third-order valence-corrected chi connectivity index (χ3v) is 5.46. The lowest BCUT2D eigenvalue weighted by Gasteiger charge is -2.36. The minimum Gasteiger partial charge on any atom is -0.397 e. The molecule has 1 aromatic carbocycles. The van der Waals surface area contributed by atoms with Crippen molar-refractivity contribution in [1.29, 1.82) is 0 Å². The summed E-state index contributed by atoms with van der Waals surface area (Å²) in [5, 5.41) is 0.640. The van der Waals surface area contributed by atoms with Gasteiger partial charge in [-0.2, -0.15) is 0 Å². The number of piperidine rings is 1. The standard InChI is InChI=1S/C16H19FN2OS/c1-16(2)5-7-19(8-6-16)15(20)14-13(18)11-9-10(17)3-4-12(11)21-14/h3-4,9H,5-8,18H2,1-2H3. The zero-order valence-electron chi connectivity index (χ0n) is 12.3. The Kier molecular flexibility index (Phi) is 3.40. The van der Waals surface area contributed by atoms with Gasteiger partial charge in [-0.15, -0.1) is 11.3 Å². The van der Waals surface area contributed by atoms with Crippen molar-refractivity contribution < 1.29 is 9.18 Å². The van der Waals surface area contributed by atoms with E-state index in [-0.39, 0.29) is 11.7 Å². The zero-order chi connectivity index (χ0) is 15.2. The van der Waals surface area contributed by atoms with E-state index in [2.05, 4.69) is 13.8 Å². The summed E-state index contributed by atoms with van der Waals surface area (Å²) in [6.07, 6.45) is 2.00. The van der Waals surface area contributed by atoms with Crippen molar-refractivity contribution in [1.82, 2.24) is 4.90 Å². The first-order chi connectivity index (χ1) is 9.87. The van der Waals surface area contributed by atoms with E-state index in [1.807, 2.05) is 4.90 Å². The molecular weight excluding hydrogens is 287 g/mol. The minimum absolute atomic E-state index is 0.0235. The lowest BCUT2D eigenvalue weighted by Crippen LogP contribution is -2.41. The Morgan fingerprint density at radius 3 is 2.67 bits per heavy atom. The number of benzene rings is 1. The molecule has 0 radical (unpaired) electrons. The SMILES string of the molecule is CC1(C)CCN(C(=O)c2sc3ccc(F)cc3c2N)CC1. The van der Waals surface area contributed by atoms with E-state index < -0.39 is 0 Å². The van der Waals surface area contributed by atoms with Crippen molar-refractivity contribution in [2.75, 3.05) is 18.8 Å². The van der Waals surface area contributed by atoms with Gasteiger partial charge in [-0.1, -0.05) is 13.8 Å². The van der Waals surface area contributed by atoms with Crippen molar-refractivity contribution in [3.8, 4) is 0 Å². The molecule has 0 aliphatic carbocycles. The number of thiophene rings is 1. The summed E-state index contributed by atoms with van der Waals surface area (Å²) < 4.78 is 14.2. The molecule has 1 amide bonds. The molecule has 112 valence electrons. The number of likely N-dealkylation sites (tertiary alicyclic amines) is 1. The van der Waals surface area contributed by atoms with Gasteiger partial charge in [0.1, 0.15) is 10.7 Å². The highest BCUT2D eigenvalue weighted by Gasteiger charge is 2.30. The lowest BCUT2D eigenvalue weighted by atomic mass is 9.82. The number of nitrogen functional groups attached to an aromatic ring is 1. The number of carbonyl (C=O) groups excluding carboxylic acids is 1. The average molecular weight is 306 g/mol. The normalized spacial score (nSPS) is 18.1. The van der Waals surface area contributed by atoms with Gasteiger partial charge in [0, 0.05) is 23.2 Å². The molecular formula is C16H19FN2OS. The highest BCUT2D eigenvalue weighted by atomic mass is 32.1. The molecule has 2 N–H and O–H groups in total. The van der Waals surface area contributed by atoms with E-state index in [0.717, 1.165) is 30.6 Å². The van der Waals surface area contributed by atoms with Crippen molar-refractivity contribution in [3.63, 3.8) is 0 Å². The molecule has 1 fully saturated rings. The van der Waals surface area contributed by atoms with Crippen molar-refractivity contribution in [3.05, 3.63) is 28.9 Å². The van der Waals surface area contributed by atoms with Crippen LogP contribution in [-0.2, 0) is 0 Å². The quantitative estimate of drug-likeness (QED) is 0.869. The van der Waals surface area contributed by atoms with Gasteiger partial charge >= 0.3 is 0 Å². The maximum absolute atomic E-state index is 13.3. The molecule has 0 unspecified atom stereocenters. The number of hydrogen-bond acceptors (Lipinski definition) is 3. The molecule has 21 heavy (non-hydrogen) atoms. The lowest BCUT2D eigenvalue weighted by molar-refractivity contribution is 0.0636. The fraction of sp³-hybridized carbons (Fsp3) is 0.438. The zero-order valence-corrected chi connectivity index (χ0v) is 13.1. The van der Waals surface area contributed by atoms with Crippen LogP contribution in [0.2, 0.25) is 0 Å². The Morgan fingerprint density at radius 1 is 1.33 bits per heavy atom. The molecule has 2 aromatic rings. The molecule has 1 aliphatic heterocycles. The van der Waals surface area contributed by atoms with Gasteiger partial charge in [0.05, 0.1) is 5.69 Å². The number of hydrogen-bond donors (Lipinski definition) is 1. The molecule has 0 bridgehead atoms. The fourth-order valence-corrected chi connectivity index (χ4v) is 3.78. The Hall–Kier alpha value is -1.62. The Morgan fingerprint density at radius 2 is 2.00 bits per heavy atom. The summed E-state index contributed by atoms with van der Waals surface area (Å²) in [4.78, 5) is 15.0. The summed E-state index contributed by atoms with van der Waals surface area (Å²) in [6.45, 7) is 5.97. The molecule has 3 rings (SSSR count). The Labute approximate surface area is 127 Å². The number of amides is 1. The predicted molar refractivity (Wildman–Crippen MR) is 85.1 cm³/mol. The predicted octanol–water partition coefficient (Wildman–Crippen LogP) is 3.88. The van der Waals surface area contributed by atoms with Crippen LogP contribution in [0.4, 0.5) is 10.1 Å². The van der Waals surface area contributed by atoms with E-state index in [1.54, 1.807) is 6.07 Å². The summed E-state index contributed by atoms with van der Waals surface area (Å²) in [7, 11) is 0. The second kappa shape index (κ2) is 4.98. The average Bonchev–Trinajstić information content (AvgIpc) is 2.75. The molecule has 2 heterocycles. The van der Waals surface area contributed by atoms with Gasteiger partial charge in [-0.05, 0) is 36.5 Å². The highest BCUT2D eigenvalue weighted by Crippen LogP contribution is 2.36. The Bertz CT molecular complexity index is 698. The second-order valence-corrected chi connectivity index (χ2v) is 7.49. The van der Waals surface area contributed by atoms with E-state index in [0.29, 0.717) is 21.4 Å². The summed E-state index contributed by atoms with van der Waals surface area (Å²) >= 11 is 1.35. The molecule has 1 aromatic heterocycles. The molecule has 0 saturated carbocycles. The van der Waals surface area contributed by atoms with Gasteiger partial charge in [0.15, 0.2) is 0 Å². The first kappa shape index (κ1) is 14.3. The Balaban J connectivity index is 1.90. The van der Waals surface area contributed by atoms with Crippen molar-refractivity contribution >= 4 is 33.0 Å². The van der Waals surface area contributed by atoms with E-state index in [1.165, 1.54) is 23.5 Å². The number of anilines is 1. The van der Waals surface area contributed by atoms with Crippen LogP contribution in [0.3, 0.4) is 0 Å². The number of fused-ring (bicyclic) bond motifs is 1. The number of rotatable bonds is 1. The summed E-state index contributed by atoms with van der Waals surface area (Å²) in [5.41, 5.74) is 6.77. The van der Waals surface area contributed by atoms with Gasteiger partial charge in [-0.25, -0.2) is 4.39 Å². The van der Waals surface area contributed by atoms with Crippen molar-refractivity contribution in [2.24, 2.45) is 5.41 Å². The van der Waals surface area contributed by atoms with Gasteiger partial charge in [-0.3, -0.25) is 4.79 Å². The van der Waals surface area contributed by atoms with Crippen LogP contribution >= 0.6 is 11.3 Å². The minimum atomic E-state index is -0.328. The topological polar surface area (TPSA) is 46.3 Å². The van der Waals surface area contributed by atoms with Crippen LogP contribution in [0.15, 0.2) is 18.2 Å². The van der Waals surface area contributed by atoms with Crippen LogP contribution in [-0.4, -0.2) is 23.9 Å². The third-order valence-electron chi connectivity index (χ3n) is 4.29. The molecule has 1 aliphatic rings. The van der Waals surface area contributed by atoms with Crippen LogP contribution < -0.4 is 5.73 Å². The van der Waals surface area contributed by atoms with E-state index in [4.69, 9.17) is 5.73 Å². The highest BCUT2D eigenvalue weighted by molar-refractivity contribution is 7.21. The van der Waals surface area contributed by atoms with Crippen LogP contribution in [0.1, 0.15) is 36.4 Å². The molecule has 0 atom stereocenters. The third kappa shape index (κ3) is 2.62. The second-order valence-electron chi connectivity index (χ2n) is 6.44. The molecule has 5 heteroatoms. The fourth-order valence-electron chi connectivity index (χ4n) is 2.71. The van der Waals surface area contributed by atoms with E-state index in [9.17, 15) is 9.18 Å². The number of nitrogens with two attached hydrogens (primary N) is 1. The van der Waals surface area contributed by atoms with Gasteiger partial charge < -0.3 is 10.6 Å². The number of nitrogens with zero attached hydrogens (tertiary/aromatic N) is 1. The first-order valence-electron chi connectivity index (χ1n) is 7.14. The monoisotopic (exact) mass is 306 g/mol. The summed E-state index contributed by atoms with van der Waals surface area (Å²) in [6, 6.07) is 4.48. The van der Waals surface area contributed by atoms with Gasteiger partial charge in [0.25, 0.3) is 5.91 Å². The van der Waals surface area contributed by atoms with Crippen LogP contribution in [0, 0.1) is 11.2 Å². The maximum Gasteiger partial charge on any atom is 0.266 e. The van der Waals surface area contributed by atoms with Crippen LogP contribution in [0.25, 0.3) is 10.1 Å².